The number of nitrogens with one attached hydrogen (secondary N) is 1. The second-order valence-corrected chi connectivity index (χ2v) is 9.65. The van der Waals surface area contributed by atoms with Crippen LogP contribution in [0.25, 0.3) is 0 Å². The number of sulfonamides is 1. The number of carbonyl (C=O) groups is 1. The molecule has 8 nitrogen and oxygen atoms in total. The van der Waals surface area contributed by atoms with Crippen molar-refractivity contribution >= 4 is 15.9 Å². The lowest BCUT2D eigenvalue weighted by Crippen LogP contribution is -2.51. The predicted molar refractivity (Wildman–Crippen MR) is 110 cm³/mol. The fourth-order valence-electron chi connectivity index (χ4n) is 4.51. The van der Waals surface area contributed by atoms with E-state index in [0.29, 0.717) is 18.6 Å². The highest BCUT2D eigenvalue weighted by Crippen LogP contribution is 2.29. The zero-order chi connectivity index (χ0) is 20.9. The lowest BCUT2D eigenvalue weighted by Gasteiger charge is -2.36. The van der Waals surface area contributed by atoms with E-state index in [0.717, 1.165) is 23.8 Å². The van der Waals surface area contributed by atoms with E-state index in [1.54, 1.807) is 12.1 Å². The van der Waals surface area contributed by atoms with Crippen LogP contribution in [0.1, 0.15) is 55.3 Å². The Kier molecular flexibility index (Phi) is 7.64. The summed E-state index contributed by atoms with van der Waals surface area (Å²) in [6.07, 6.45) is 8.48. The van der Waals surface area contributed by atoms with E-state index in [4.69, 9.17) is 10.5 Å². The number of carbonyl (C=O) groups excluding carboxylic acids is 1. The normalized spacial score (nSPS) is 21.7. The molecular weight excluding hydrogens is 392 g/mol. The number of amides is 1. The maximum Gasteiger partial charge on any atom is 0.258 e. The van der Waals surface area contributed by atoms with Crippen molar-refractivity contribution < 1.29 is 17.9 Å². The molecule has 1 unspecified atom stereocenters. The highest BCUT2D eigenvalue weighted by atomic mass is 32.2. The van der Waals surface area contributed by atoms with Gasteiger partial charge in [-0.15, -0.1) is 4.41 Å². The van der Waals surface area contributed by atoms with Crippen LogP contribution in [0.3, 0.4) is 0 Å². The van der Waals surface area contributed by atoms with Gasteiger partial charge in [0.2, 0.25) is 5.91 Å². The summed E-state index contributed by atoms with van der Waals surface area (Å²) >= 11 is 0. The second-order valence-electron chi connectivity index (χ2n) is 7.82. The summed E-state index contributed by atoms with van der Waals surface area (Å²) < 4.78 is 32.6. The van der Waals surface area contributed by atoms with Crippen molar-refractivity contribution in [3.8, 4) is 0 Å². The van der Waals surface area contributed by atoms with Gasteiger partial charge in [-0.25, -0.2) is 13.8 Å². The Balaban J connectivity index is 1.73. The van der Waals surface area contributed by atoms with E-state index < -0.39 is 15.9 Å². The summed E-state index contributed by atoms with van der Waals surface area (Å²) in [6.45, 7) is 1.42. The molecule has 1 saturated carbocycles. The van der Waals surface area contributed by atoms with Gasteiger partial charge >= 0.3 is 0 Å². The third-order valence-electron chi connectivity index (χ3n) is 5.94. The number of ether oxygens (including phenoxy) is 1. The monoisotopic (exact) mass is 424 g/mol. The largest absolute Gasteiger partial charge is 0.367 e. The molecule has 0 spiro atoms. The Morgan fingerprint density at radius 1 is 1.21 bits per heavy atom. The van der Waals surface area contributed by atoms with Gasteiger partial charge in [0.1, 0.15) is 6.73 Å². The van der Waals surface area contributed by atoms with Crippen molar-refractivity contribution in [3.05, 3.63) is 29.8 Å². The molecule has 162 valence electrons. The van der Waals surface area contributed by atoms with Crippen LogP contribution in [0.5, 0.6) is 0 Å². The van der Waals surface area contributed by atoms with Crippen LogP contribution < -0.4 is 11.2 Å². The van der Waals surface area contributed by atoms with Crippen LogP contribution in [0.15, 0.2) is 29.2 Å². The van der Waals surface area contributed by atoms with Crippen LogP contribution >= 0.6 is 0 Å². The quantitative estimate of drug-likeness (QED) is 0.462. The fourth-order valence-corrected chi connectivity index (χ4v) is 5.93. The minimum atomic E-state index is -4.00. The Hall–Kier alpha value is -1.52. The zero-order valence-corrected chi connectivity index (χ0v) is 17.9. The minimum absolute atomic E-state index is 0.0277. The van der Waals surface area contributed by atoms with Crippen molar-refractivity contribution in [1.29, 1.82) is 0 Å². The fraction of sp³-hybridized carbons (Fsp3) is 0.650. The molecule has 3 rings (SSSR count). The first-order valence-corrected chi connectivity index (χ1v) is 11.8. The molecule has 3 N–H and O–H groups in total. The van der Waals surface area contributed by atoms with Crippen molar-refractivity contribution in [2.24, 2.45) is 5.73 Å². The number of nitrogens with zero attached hydrogens (tertiary/aromatic N) is 2. The summed E-state index contributed by atoms with van der Waals surface area (Å²) in [7, 11) is -2.56. The molecule has 9 heteroatoms. The topological polar surface area (TPSA) is 105 Å². The summed E-state index contributed by atoms with van der Waals surface area (Å²) in [4.78, 5) is 14.1. The van der Waals surface area contributed by atoms with Gasteiger partial charge in [0.05, 0.1) is 10.5 Å². The number of methoxy groups -OCH3 is 1. The molecule has 0 bridgehead atoms. The van der Waals surface area contributed by atoms with E-state index >= 15 is 0 Å². The number of hydrogen-bond donors (Lipinski definition) is 2. The Morgan fingerprint density at radius 2 is 1.93 bits per heavy atom. The molecule has 1 aromatic carbocycles. The first-order valence-electron chi connectivity index (χ1n) is 10.3. The van der Waals surface area contributed by atoms with Gasteiger partial charge in [0.25, 0.3) is 10.0 Å². The van der Waals surface area contributed by atoms with Crippen molar-refractivity contribution in [3.63, 3.8) is 0 Å². The molecule has 1 aliphatic carbocycles. The molecule has 0 aromatic heterocycles. The molecule has 2 fully saturated rings. The van der Waals surface area contributed by atoms with E-state index in [9.17, 15) is 13.2 Å². The molecule has 1 aliphatic heterocycles. The van der Waals surface area contributed by atoms with E-state index in [2.05, 4.69) is 10.3 Å². The number of hydrogen-bond acceptors (Lipinski definition) is 6. The highest BCUT2D eigenvalue weighted by molar-refractivity contribution is 7.89. The third-order valence-corrected chi connectivity index (χ3v) is 7.66. The van der Waals surface area contributed by atoms with E-state index in [1.807, 2.05) is 0 Å². The maximum atomic E-state index is 13.2. The Labute approximate surface area is 173 Å². The molecule has 1 aromatic rings. The lowest BCUT2D eigenvalue weighted by atomic mass is 9.94. The molecule has 29 heavy (non-hydrogen) atoms. The SMILES string of the molecule is COCN(NCC1CCCN1C1CCCCC1)S(=O)(=O)c1ccccc1C(N)=O. The zero-order valence-electron chi connectivity index (χ0n) is 17.0. The smallest absolute Gasteiger partial charge is 0.258 e. The molecule has 1 amide bonds. The number of primary amides is 1. The Bertz CT molecular complexity index is 795. The standard InChI is InChI=1S/C20H32N4O4S/c1-28-15-24(29(26,27)19-12-6-5-11-18(19)20(21)25)22-14-17-10-7-13-23(17)16-8-3-2-4-9-16/h5-6,11-12,16-17,22H,2-4,7-10,13-15H2,1H3,(H2,21,25). The van der Waals surface area contributed by atoms with Gasteiger partial charge in [-0.3, -0.25) is 9.69 Å². The minimum Gasteiger partial charge on any atom is -0.367 e. The molecular formula is C20H32N4O4S. The number of nitrogens with two attached hydrogens (primary N) is 1. The van der Waals surface area contributed by atoms with Crippen molar-refractivity contribution in [2.45, 2.75) is 61.9 Å². The highest BCUT2D eigenvalue weighted by Gasteiger charge is 2.33. The molecule has 1 saturated heterocycles. The van der Waals surface area contributed by atoms with E-state index in [1.165, 1.54) is 51.3 Å². The molecule has 1 heterocycles. The lowest BCUT2D eigenvalue weighted by molar-refractivity contribution is 0.0741. The van der Waals surface area contributed by atoms with Crippen LogP contribution in [-0.2, 0) is 14.8 Å². The summed E-state index contributed by atoms with van der Waals surface area (Å²) in [6, 6.07) is 6.87. The van der Waals surface area contributed by atoms with Gasteiger partial charge < -0.3 is 10.5 Å². The molecule has 2 aliphatic rings. The average molecular weight is 425 g/mol. The van der Waals surface area contributed by atoms with Crippen LogP contribution in [-0.4, -0.2) is 62.7 Å². The number of benzene rings is 1. The Morgan fingerprint density at radius 3 is 2.62 bits per heavy atom. The third kappa shape index (κ3) is 5.16. The van der Waals surface area contributed by atoms with Crippen LogP contribution in [0, 0.1) is 0 Å². The number of likely N-dealkylation sites (tertiary alicyclic amines) is 1. The summed E-state index contributed by atoms with van der Waals surface area (Å²) in [5.41, 5.74) is 8.41. The van der Waals surface area contributed by atoms with Gasteiger partial charge in [0, 0.05) is 25.7 Å². The van der Waals surface area contributed by atoms with E-state index in [-0.39, 0.29) is 17.2 Å². The van der Waals surface area contributed by atoms with Crippen molar-refractivity contribution in [1.82, 2.24) is 14.7 Å². The summed E-state index contributed by atoms with van der Waals surface area (Å²) in [5, 5.41) is 0. The number of rotatable bonds is 9. The van der Waals surface area contributed by atoms with Crippen molar-refractivity contribution in [2.75, 3.05) is 26.9 Å². The van der Waals surface area contributed by atoms with Gasteiger partial charge in [-0.2, -0.15) is 0 Å². The molecule has 1 atom stereocenters. The maximum absolute atomic E-state index is 13.2. The second kappa shape index (κ2) is 9.99. The predicted octanol–water partition coefficient (Wildman–Crippen LogP) is 1.68. The number of hydrazine groups is 1. The van der Waals surface area contributed by atoms with Crippen LogP contribution in [0.2, 0.25) is 0 Å². The summed E-state index contributed by atoms with van der Waals surface area (Å²) in [5.74, 6) is -0.777. The van der Waals surface area contributed by atoms with Crippen LogP contribution in [0.4, 0.5) is 0 Å². The average Bonchev–Trinajstić information content (AvgIpc) is 3.20. The van der Waals surface area contributed by atoms with Gasteiger partial charge in [-0.1, -0.05) is 31.4 Å². The van der Waals surface area contributed by atoms with Gasteiger partial charge in [-0.05, 0) is 44.4 Å². The first-order chi connectivity index (χ1) is 13.9. The first kappa shape index (κ1) is 22.2. The van der Waals surface area contributed by atoms with Gasteiger partial charge in [0.15, 0.2) is 0 Å². The molecule has 0 radical (unpaired) electrons.